The zero-order valence-electron chi connectivity index (χ0n) is 11.2. The second-order valence-corrected chi connectivity index (χ2v) is 4.33. The molecule has 0 N–H and O–H groups in total. The topological polar surface area (TPSA) is 9.23 Å². The van der Waals surface area contributed by atoms with E-state index in [-0.39, 0.29) is 17.7 Å². The largest absolute Gasteiger partial charge is 0.457 e. The van der Waals surface area contributed by atoms with E-state index in [2.05, 4.69) is 13.2 Å². The predicted molar refractivity (Wildman–Crippen MR) is 76.8 cm³/mol. The highest BCUT2D eigenvalue weighted by atomic mass is 19.2. The fraction of sp³-hybridized carbons (Fsp3) is 0.0588. The molecule has 0 aliphatic heterocycles. The Bertz CT molecular complexity index is 675. The molecule has 0 radical (unpaired) electrons. The maximum Gasteiger partial charge on any atom is 0.194 e. The molecule has 1 nitrogen and oxygen atoms in total. The summed E-state index contributed by atoms with van der Waals surface area (Å²) in [6.45, 7) is 7.09. The van der Waals surface area contributed by atoms with E-state index < -0.39 is 17.5 Å². The van der Waals surface area contributed by atoms with Gasteiger partial charge in [0.05, 0.1) is 0 Å². The number of hydrogen-bond acceptors (Lipinski definition) is 1. The molecule has 0 aliphatic rings. The minimum atomic E-state index is -1.51. The van der Waals surface area contributed by atoms with Crippen LogP contribution in [0.4, 0.5) is 13.2 Å². The molecule has 0 fully saturated rings. The first-order valence-electron chi connectivity index (χ1n) is 6.24. The highest BCUT2D eigenvalue weighted by molar-refractivity contribution is 5.49. The summed E-state index contributed by atoms with van der Waals surface area (Å²) in [5.41, 5.74) is 0.807. The summed E-state index contributed by atoms with van der Waals surface area (Å²) in [6.07, 6.45) is 3.08. The first-order valence-corrected chi connectivity index (χ1v) is 6.24. The van der Waals surface area contributed by atoms with E-state index in [4.69, 9.17) is 4.74 Å². The number of halogens is 3. The van der Waals surface area contributed by atoms with Crippen molar-refractivity contribution in [3.8, 4) is 11.5 Å². The maximum atomic E-state index is 13.8. The molecular weight excluding hydrogens is 277 g/mol. The minimum Gasteiger partial charge on any atom is -0.457 e. The Labute approximate surface area is 121 Å². The number of ether oxygens (including phenoxy) is 1. The van der Waals surface area contributed by atoms with E-state index in [1.165, 1.54) is 6.08 Å². The molecule has 0 aliphatic carbocycles. The van der Waals surface area contributed by atoms with Gasteiger partial charge in [-0.1, -0.05) is 30.9 Å². The Morgan fingerprint density at radius 1 is 1.00 bits per heavy atom. The van der Waals surface area contributed by atoms with Crippen LogP contribution in [-0.4, -0.2) is 0 Å². The van der Waals surface area contributed by atoms with Gasteiger partial charge in [-0.2, -0.15) is 0 Å². The van der Waals surface area contributed by atoms with E-state index in [1.807, 2.05) is 0 Å². The Morgan fingerprint density at radius 2 is 1.67 bits per heavy atom. The first-order chi connectivity index (χ1) is 10.1. The van der Waals surface area contributed by atoms with E-state index in [1.54, 1.807) is 30.3 Å². The number of rotatable bonds is 5. The summed E-state index contributed by atoms with van der Waals surface area (Å²) < 4.78 is 45.9. The highest BCUT2D eigenvalue weighted by Gasteiger charge is 2.19. The standard InChI is InChI=1S/C17H13F3O/c1-3-5-13-15(10-14(18)17(20)16(13)19)21-12-8-6-11(4-2)7-9-12/h3-4,6-10H,1-2,5H2. The monoisotopic (exact) mass is 290 g/mol. The van der Waals surface area contributed by atoms with Crippen molar-refractivity contribution in [1.29, 1.82) is 0 Å². The Balaban J connectivity index is 2.41. The van der Waals surface area contributed by atoms with Gasteiger partial charge < -0.3 is 4.74 Å². The molecule has 0 aromatic heterocycles. The molecule has 0 unspecified atom stereocenters. The van der Waals surface area contributed by atoms with Crippen LogP contribution in [0.5, 0.6) is 11.5 Å². The van der Waals surface area contributed by atoms with Gasteiger partial charge in [-0.3, -0.25) is 0 Å². The van der Waals surface area contributed by atoms with Crippen LogP contribution in [0.2, 0.25) is 0 Å². The van der Waals surface area contributed by atoms with E-state index >= 15 is 0 Å². The molecule has 2 aromatic carbocycles. The molecule has 2 aromatic rings. The van der Waals surface area contributed by atoms with Gasteiger partial charge in [0.15, 0.2) is 17.5 Å². The Kier molecular flexibility index (Phi) is 4.48. The average molecular weight is 290 g/mol. The average Bonchev–Trinajstić information content (AvgIpc) is 2.50. The molecule has 2 rings (SSSR count). The van der Waals surface area contributed by atoms with Gasteiger partial charge in [0.2, 0.25) is 0 Å². The van der Waals surface area contributed by atoms with E-state index in [0.717, 1.165) is 11.6 Å². The van der Waals surface area contributed by atoms with Crippen LogP contribution in [0.1, 0.15) is 11.1 Å². The van der Waals surface area contributed by atoms with Crippen molar-refractivity contribution >= 4 is 6.08 Å². The summed E-state index contributed by atoms with van der Waals surface area (Å²) in [7, 11) is 0. The molecule has 0 bridgehead atoms. The van der Waals surface area contributed by atoms with Crippen LogP contribution in [0.15, 0.2) is 49.6 Å². The van der Waals surface area contributed by atoms with E-state index in [0.29, 0.717) is 5.75 Å². The SMILES string of the molecule is C=CCc1c(Oc2ccc(C=C)cc2)cc(F)c(F)c1F. The molecule has 0 saturated carbocycles. The molecule has 0 heterocycles. The highest BCUT2D eigenvalue weighted by Crippen LogP contribution is 2.31. The number of allylic oxidation sites excluding steroid dienone is 1. The van der Waals surface area contributed by atoms with Crippen LogP contribution >= 0.6 is 0 Å². The smallest absolute Gasteiger partial charge is 0.194 e. The van der Waals surface area contributed by atoms with Gasteiger partial charge in [-0.25, -0.2) is 13.2 Å². The van der Waals surface area contributed by atoms with Crippen molar-refractivity contribution in [2.45, 2.75) is 6.42 Å². The third-order valence-electron chi connectivity index (χ3n) is 2.91. The van der Waals surface area contributed by atoms with Gasteiger partial charge in [0.1, 0.15) is 11.5 Å². The normalized spacial score (nSPS) is 10.2. The predicted octanol–water partition coefficient (Wildman–Crippen LogP) is 5.27. The molecule has 4 heteroatoms. The van der Waals surface area contributed by atoms with Crippen molar-refractivity contribution in [3.63, 3.8) is 0 Å². The quantitative estimate of drug-likeness (QED) is 0.538. The molecule has 0 amide bonds. The van der Waals surface area contributed by atoms with Gasteiger partial charge in [0.25, 0.3) is 0 Å². The third-order valence-corrected chi connectivity index (χ3v) is 2.91. The van der Waals surface area contributed by atoms with Crippen LogP contribution in [-0.2, 0) is 6.42 Å². The lowest BCUT2D eigenvalue weighted by Crippen LogP contribution is -2.01. The van der Waals surface area contributed by atoms with Crippen molar-refractivity contribution in [2.24, 2.45) is 0 Å². The molecule has 0 saturated heterocycles. The summed E-state index contributed by atoms with van der Waals surface area (Å²) in [6, 6.07) is 7.58. The fourth-order valence-electron chi connectivity index (χ4n) is 1.84. The lowest BCUT2D eigenvalue weighted by Gasteiger charge is -2.12. The minimum absolute atomic E-state index is 0.0309. The molecular formula is C17H13F3O. The van der Waals surface area contributed by atoms with Crippen molar-refractivity contribution in [3.05, 3.63) is 78.1 Å². The summed E-state index contributed by atoms with van der Waals surface area (Å²) in [4.78, 5) is 0. The van der Waals surface area contributed by atoms with Gasteiger partial charge in [-0.05, 0) is 24.1 Å². The molecule has 108 valence electrons. The fourth-order valence-corrected chi connectivity index (χ4v) is 1.84. The summed E-state index contributed by atoms with van der Waals surface area (Å²) >= 11 is 0. The first kappa shape index (κ1) is 14.9. The molecule has 0 spiro atoms. The second-order valence-electron chi connectivity index (χ2n) is 4.33. The van der Waals surface area contributed by atoms with Crippen molar-refractivity contribution < 1.29 is 17.9 Å². The van der Waals surface area contributed by atoms with Gasteiger partial charge in [-0.15, -0.1) is 6.58 Å². The van der Waals surface area contributed by atoms with Gasteiger partial charge >= 0.3 is 0 Å². The van der Waals surface area contributed by atoms with Gasteiger partial charge in [0, 0.05) is 11.6 Å². The zero-order valence-corrected chi connectivity index (χ0v) is 11.2. The lowest BCUT2D eigenvalue weighted by atomic mass is 10.1. The second kappa shape index (κ2) is 6.31. The number of hydrogen-bond donors (Lipinski definition) is 0. The molecule has 21 heavy (non-hydrogen) atoms. The summed E-state index contributed by atoms with van der Waals surface area (Å²) in [5, 5.41) is 0. The Morgan fingerprint density at radius 3 is 2.24 bits per heavy atom. The van der Waals surface area contributed by atoms with Crippen LogP contribution in [0.3, 0.4) is 0 Å². The third kappa shape index (κ3) is 3.16. The number of benzene rings is 2. The van der Waals surface area contributed by atoms with Crippen LogP contribution in [0, 0.1) is 17.5 Å². The van der Waals surface area contributed by atoms with E-state index in [9.17, 15) is 13.2 Å². The molecule has 0 atom stereocenters. The maximum absolute atomic E-state index is 13.8. The zero-order chi connectivity index (χ0) is 15.4. The summed E-state index contributed by atoms with van der Waals surface area (Å²) in [5.74, 6) is -3.75. The lowest BCUT2D eigenvalue weighted by molar-refractivity contribution is 0.416. The van der Waals surface area contributed by atoms with Crippen molar-refractivity contribution in [1.82, 2.24) is 0 Å². The Hall–Kier alpha value is -2.49. The van der Waals surface area contributed by atoms with Crippen molar-refractivity contribution in [2.75, 3.05) is 0 Å². The van der Waals surface area contributed by atoms with Crippen LogP contribution in [0.25, 0.3) is 6.08 Å². The van der Waals surface area contributed by atoms with Crippen LogP contribution < -0.4 is 4.74 Å².